The number of imide groups is 1. The minimum Gasteiger partial charge on any atom is -0.480 e. The van der Waals surface area contributed by atoms with Gasteiger partial charge in [-0.15, -0.1) is 0 Å². The maximum Gasteiger partial charge on any atom is 0.414 e. The molecule has 0 aromatic heterocycles. The summed E-state index contributed by atoms with van der Waals surface area (Å²) in [6.45, 7) is -1.41. The fourth-order valence-corrected chi connectivity index (χ4v) is 0.508. The SMILES string of the molecule is NCC(=O)N(CC(=O)O)C(=O)O. The number of amides is 2. The molecule has 0 aliphatic carbocycles. The summed E-state index contributed by atoms with van der Waals surface area (Å²) in [5.74, 6) is -2.34. The zero-order chi connectivity index (χ0) is 9.72. The van der Waals surface area contributed by atoms with Crippen LogP contribution in [0.5, 0.6) is 0 Å². The van der Waals surface area contributed by atoms with Crippen LogP contribution in [-0.2, 0) is 9.59 Å². The van der Waals surface area contributed by atoms with Crippen molar-refractivity contribution in [3.05, 3.63) is 0 Å². The van der Waals surface area contributed by atoms with Crippen LogP contribution in [0.2, 0.25) is 0 Å². The van der Waals surface area contributed by atoms with Gasteiger partial charge in [-0.1, -0.05) is 0 Å². The van der Waals surface area contributed by atoms with Gasteiger partial charge in [0.05, 0.1) is 6.54 Å². The summed E-state index contributed by atoms with van der Waals surface area (Å²) in [4.78, 5) is 31.0. The van der Waals surface area contributed by atoms with Crippen LogP contribution in [0.15, 0.2) is 0 Å². The van der Waals surface area contributed by atoms with Gasteiger partial charge in [-0.25, -0.2) is 9.69 Å². The van der Waals surface area contributed by atoms with Crippen LogP contribution in [0.1, 0.15) is 0 Å². The smallest absolute Gasteiger partial charge is 0.414 e. The second-order valence-corrected chi connectivity index (χ2v) is 1.86. The number of hydrogen-bond donors (Lipinski definition) is 3. The summed E-state index contributed by atoms with van der Waals surface area (Å²) in [5.41, 5.74) is 4.84. The number of carboxylic acid groups (broad SMARTS) is 2. The molecule has 0 aliphatic rings. The van der Waals surface area contributed by atoms with E-state index in [1.807, 2.05) is 0 Å². The second-order valence-electron chi connectivity index (χ2n) is 1.86. The van der Waals surface area contributed by atoms with Crippen molar-refractivity contribution < 1.29 is 24.6 Å². The Kier molecular flexibility index (Phi) is 3.71. The third kappa shape index (κ3) is 2.97. The number of carbonyl (C=O) groups is 3. The fourth-order valence-electron chi connectivity index (χ4n) is 0.508. The quantitative estimate of drug-likeness (QED) is 0.483. The molecule has 0 rings (SSSR count). The number of carbonyl (C=O) groups excluding carboxylic acids is 1. The summed E-state index contributed by atoms with van der Waals surface area (Å²) in [5, 5.41) is 16.5. The van der Waals surface area contributed by atoms with E-state index in [1.54, 1.807) is 0 Å². The molecule has 0 bridgehead atoms. The molecule has 4 N–H and O–H groups in total. The number of hydrogen-bond acceptors (Lipinski definition) is 4. The van der Waals surface area contributed by atoms with Gasteiger partial charge in [0.2, 0.25) is 5.91 Å². The zero-order valence-corrected chi connectivity index (χ0v) is 6.06. The first-order valence-corrected chi connectivity index (χ1v) is 2.94. The molecule has 0 spiro atoms. The van der Waals surface area contributed by atoms with Crippen LogP contribution in [0.25, 0.3) is 0 Å². The monoisotopic (exact) mass is 176 g/mol. The Morgan fingerprint density at radius 3 is 2.00 bits per heavy atom. The molecule has 0 atom stereocenters. The molecule has 0 unspecified atom stereocenters. The van der Waals surface area contributed by atoms with Gasteiger partial charge in [-0.2, -0.15) is 0 Å². The molecule has 0 aliphatic heterocycles. The van der Waals surface area contributed by atoms with E-state index < -0.39 is 31.1 Å². The predicted molar refractivity (Wildman–Crippen MR) is 36.4 cm³/mol. The van der Waals surface area contributed by atoms with E-state index in [9.17, 15) is 14.4 Å². The number of nitrogens with two attached hydrogens (primary N) is 1. The van der Waals surface area contributed by atoms with Crippen molar-refractivity contribution in [2.75, 3.05) is 13.1 Å². The van der Waals surface area contributed by atoms with Crippen LogP contribution in [0.4, 0.5) is 4.79 Å². The third-order valence-electron chi connectivity index (χ3n) is 1.000. The zero-order valence-electron chi connectivity index (χ0n) is 6.06. The van der Waals surface area contributed by atoms with Crippen LogP contribution >= 0.6 is 0 Å². The van der Waals surface area contributed by atoms with Crippen LogP contribution in [0, 0.1) is 0 Å². The Morgan fingerprint density at radius 1 is 1.25 bits per heavy atom. The summed E-state index contributed by atoms with van der Waals surface area (Å²) in [6, 6.07) is 0. The molecule has 2 amide bonds. The van der Waals surface area contributed by atoms with Crippen LogP contribution < -0.4 is 5.73 Å². The molecule has 7 nitrogen and oxygen atoms in total. The van der Waals surface area contributed by atoms with E-state index in [4.69, 9.17) is 15.9 Å². The normalized spacial score (nSPS) is 9.08. The summed E-state index contributed by atoms with van der Waals surface area (Å²) >= 11 is 0. The van der Waals surface area contributed by atoms with Crippen molar-refractivity contribution in [2.45, 2.75) is 0 Å². The molecule has 68 valence electrons. The molecular weight excluding hydrogens is 168 g/mol. The highest BCUT2D eigenvalue weighted by molar-refractivity contribution is 5.95. The first-order valence-electron chi connectivity index (χ1n) is 2.94. The molecule has 0 radical (unpaired) electrons. The lowest BCUT2D eigenvalue weighted by Gasteiger charge is -2.12. The van der Waals surface area contributed by atoms with Gasteiger partial charge >= 0.3 is 12.1 Å². The lowest BCUT2D eigenvalue weighted by Crippen LogP contribution is -2.42. The molecule has 12 heavy (non-hydrogen) atoms. The lowest BCUT2D eigenvalue weighted by molar-refractivity contribution is -0.142. The van der Waals surface area contributed by atoms with E-state index in [0.29, 0.717) is 0 Å². The molecule has 0 fully saturated rings. The first-order chi connectivity index (χ1) is 5.49. The molecule has 0 heterocycles. The molecule has 0 aromatic carbocycles. The van der Waals surface area contributed by atoms with Crippen molar-refractivity contribution in [3.8, 4) is 0 Å². The van der Waals surface area contributed by atoms with Crippen molar-refractivity contribution in [2.24, 2.45) is 5.73 Å². The Labute approximate surface area is 67.4 Å². The predicted octanol–water partition coefficient (Wildman–Crippen LogP) is -1.46. The minimum absolute atomic E-state index is 0.141. The fraction of sp³-hybridized carbons (Fsp3) is 0.400. The first kappa shape index (κ1) is 10.4. The van der Waals surface area contributed by atoms with E-state index in [1.165, 1.54) is 0 Å². The molecular formula is C5H8N2O5. The standard InChI is InChI=1S/C5H8N2O5/c6-1-3(8)7(5(11)12)2-4(9)10/h1-2,6H2,(H,9,10)(H,11,12). The molecule has 7 heteroatoms. The average molecular weight is 176 g/mol. The summed E-state index contributed by atoms with van der Waals surface area (Å²) in [6.07, 6.45) is -1.62. The highest BCUT2D eigenvalue weighted by atomic mass is 16.4. The van der Waals surface area contributed by atoms with Crippen molar-refractivity contribution >= 4 is 18.0 Å². The molecule has 0 aromatic rings. The van der Waals surface area contributed by atoms with E-state index in [0.717, 1.165) is 0 Å². The van der Waals surface area contributed by atoms with Gasteiger partial charge in [0.15, 0.2) is 0 Å². The third-order valence-corrected chi connectivity index (χ3v) is 1.000. The largest absolute Gasteiger partial charge is 0.480 e. The van der Waals surface area contributed by atoms with Gasteiger partial charge in [0.1, 0.15) is 6.54 Å². The van der Waals surface area contributed by atoms with Crippen molar-refractivity contribution in [1.29, 1.82) is 0 Å². The van der Waals surface area contributed by atoms with Crippen molar-refractivity contribution in [3.63, 3.8) is 0 Å². The Morgan fingerprint density at radius 2 is 1.75 bits per heavy atom. The maximum absolute atomic E-state index is 10.6. The van der Waals surface area contributed by atoms with E-state index >= 15 is 0 Å². The summed E-state index contributed by atoms with van der Waals surface area (Å²) in [7, 11) is 0. The second kappa shape index (κ2) is 4.29. The van der Waals surface area contributed by atoms with Gasteiger partial charge in [0.25, 0.3) is 0 Å². The topological polar surface area (TPSA) is 121 Å². The Hall–Kier alpha value is -1.63. The maximum atomic E-state index is 10.6. The molecule has 0 saturated heterocycles. The van der Waals surface area contributed by atoms with Gasteiger partial charge in [0, 0.05) is 0 Å². The number of nitrogens with zero attached hydrogens (tertiary/aromatic N) is 1. The van der Waals surface area contributed by atoms with Crippen LogP contribution in [-0.4, -0.2) is 46.2 Å². The number of carboxylic acids is 1. The Balaban J connectivity index is 4.33. The average Bonchev–Trinajstić information content (AvgIpc) is 1.98. The van der Waals surface area contributed by atoms with E-state index in [2.05, 4.69) is 0 Å². The highest BCUT2D eigenvalue weighted by Gasteiger charge is 2.21. The van der Waals surface area contributed by atoms with Gasteiger partial charge < -0.3 is 15.9 Å². The Bertz CT molecular complexity index is 214. The van der Waals surface area contributed by atoms with Crippen LogP contribution in [0.3, 0.4) is 0 Å². The highest BCUT2D eigenvalue weighted by Crippen LogP contribution is 1.89. The number of rotatable bonds is 3. The van der Waals surface area contributed by atoms with Gasteiger partial charge in [-0.05, 0) is 0 Å². The summed E-state index contributed by atoms with van der Waals surface area (Å²) < 4.78 is 0. The molecule has 0 saturated carbocycles. The minimum atomic E-state index is -1.62. The van der Waals surface area contributed by atoms with Gasteiger partial charge in [-0.3, -0.25) is 9.59 Å². The number of aliphatic carboxylic acids is 1. The van der Waals surface area contributed by atoms with E-state index in [-0.39, 0.29) is 4.90 Å². The van der Waals surface area contributed by atoms with Crippen molar-refractivity contribution in [1.82, 2.24) is 4.90 Å². The lowest BCUT2D eigenvalue weighted by atomic mass is 10.5.